The normalized spacial score (nSPS) is 10.3. The molecular weight excluding hydrogens is 280 g/mol. The van der Waals surface area contributed by atoms with Crippen LogP contribution in [0.3, 0.4) is 0 Å². The summed E-state index contributed by atoms with van der Waals surface area (Å²) in [5.41, 5.74) is 8.08. The van der Waals surface area contributed by atoms with Crippen molar-refractivity contribution in [2.24, 2.45) is 5.73 Å². The first kappa shape index (κ1) is 14.4. The molecule has 0 saturated carbocycles. The highest BCUT2D eigenvalue weighted by atomic mass is 32.1. The number of ether oxygens (including phenoxy) is 1. The molecule has 0 aromatic heterocycles. The molecule has 5 heteroatoms. The summed E-state index contributed by atoms with van der Waals surface area (Å²) in [6.07, 6.45) is 0. The van der Waals surface area contributed by atoms with Gasteiger partial charge in [0.25, 0.3) is 0 Å². The molecule has 0 aliphatic carbocycles. The quantitative estimate of drug-likeness (QED) is 0.877. The van der Waals surface area contributed by atoms with Crippen LogP contribution in [0.5, 0.6) is 5.75 Å². The standard InChI is InChI=1S/C15H13F2NOS/c1-9-6-10(15(18)20)2-3-11(9)8-19-14-7-12(16)4-5-13(14)17/h2-7H,8H2,1H3,(H2,18,20). The Labute approximate surface area is 121 Å². The fourth-order valence-electron chi connectivity index (χ4n) is 1.75. The van der Waals surface area contributed by atoms with Crippen molar-refractivity contribution in [3.05, 3.63) is 64.7 Å². The van der Waals surface area contributed by atoms with E-state index in [1.165, 1.54) is 0 Å². The molecule has 2 nitrogen and oxygen atoms in total. The Kier molecular flexibility index (Phi) is 4.29. The van der Waals surface area contributed by atoms with E-state index in [9.17, 15) is 8.78 Å². The van der Waals surface area contributed by atoms with Gasteiger partial charge in [-0.2, -0.15) is 0 Å². The van der Waals surface area contributed by atoms with Gasteiger partial charge < -0.3 is 10.5 Å². The lowest BCUT2D eigenvalue weighted by Crippen LogP contribution is -2.10. The van der Waals surface area contributed by atoms with Crippen molar-refractivity contribution in [2.45, 2.75) is 13.5 Å². The second-order valence-electron chi connectivity index (χ2n) is 4.37. The highest BCUT2D eigenvalue weighted by molar-refractivity contribution is 7.80. The molecule has 0 saturated heterocycles. The molecule has 2 aromatic carbocycles. The molecule has 0 amide bonds. The number of nitrogens with two attached hydrogens (primary N) is 1. The summed E-state index contributed by atoms with van der Waals surface area (Å²) in [6.45, 7) is 2.02. The zero-order valence-corrected chi connectivity index (χ0v) is 11.6. The van der Waals surface area contributed by atoms with Crippen LogP contribution >= 0.6 is 12.2 Å². The van der Waals surface area contributed by atoms with Gasteiger partial charge in [0.1, 0.15) is 17.4 Å². The maximum Gasteiger partial charge on any atom is 0.165 e. The van der Waals surface area contributed by atoms with Gasteiger partial charge in [0.2, 0.25) is 0 Å². The third kappa shape index (κ3) is 3.30. The van der Waals surface area contributed by atoms with Crippen LogP contribution in [0.4, 0.5) is 8.78 Å². The van der Waals surface area contributed by atoms with Gasteiger partial charge in [-0.15, -0.1) is 0 Å². The molecule has 0 atom stereocenters. The molecule has 0 spiro atoms. The van der Waals surface area contributed by atoms with Crippen LogP contribution in [0, 0.1) is 18.6 Å². The summed E-state index contributed by atoms with van der Waals surface area (Å²) in [5, 5.41) is 0. The Morgan fingerprint density at radius 1 is 1.20 bits per heavy atom. The minimum Gasteiger partial charge on any atom is -0.486 e. The van der Waals surface area contributed by atoms with Crippen LogP contribution in [0.15, 0.2) is 36.4 Å². The lowest BCUT2D eigenvalue weighted by Gasteiger charge is -2.10. The molecule has 0 aliphatic heterocycles. The van der Waals surface area contributed by atoms with Crippen LogP contribution in [0.25, 0.3) is 0 Å². The maximum absolute atomic E-state index is 13.4. The maximum atomic E-state index is 13.4. The van der Waals surface area contributed by atoms with Gasteiger partial charge in [0, 0.05) is 11.6 Å². The molecular formula is C15H13F2NOS. The molecule has 0 unspecified atom stereocenters. The monoisotopic (exact) mass is 293 g/mol. The van der Waals surface area contributed by atoms with Gasteiger partial charge in [-0.25, -0.2) is 8.78 Å². The number of hydrogen-bond donors (Lipinski definition) is 1. The Balaban J connectivity index is 2.15. The number of hydrogen-bond acceptors (Lipinski definition) is 2. The van der Waals surface area contributed by atoms with Crippen LogP contribution in [0.1, 0.15) is 16.7 Å². The lowest BCUT2D eigenvalue weighted by molar-refractivity contribution is 0.288. The summed E-state index contributed by atoms with van der Waals surface area (Å²) in [5.74, 6) is -1.24. The van der Waals surface area contributed by atoms with Crippen LogP contribution in [0.2, 0.25) is 0 Å². The number of halogens is 2. The average Bonchev–Trinajstić information content (AvgIpc) is 2.40. The SMILES string of the molecule is Cc1cc(C(N)=S)ccc1COc1cc(F)ccc1F. The van der Waals surface area contributed by atoms with Gasteiger partial charge in [0.05, 0.1) is 0 Å². The summed E-state index contributed by atoms with van der Waals surface area (Å²) in [4.78, 5) is 0.316. The fraction of sp³-hybridized carbons (Fsp3) is 0.133. The molecule has 0 heterocycles. The van der Waals surface area contributed by atoms with Crippen molar-refractivity contribution in [2.75, 3.05) is 0 Å². The molecule has 0 fully saturated rings. The molecule has 20 heavy (non-hydrogen) atoms. The van der Waals surface area contributed by atoms with E-state index in [4.69, 9.17) is 22.7 Å². The van der Waals surface area contributed by atoms with Crippen molar-refractivity contribution in [1.29, 1.82) is 0 Å². The summed E-state index contributed by atoms with van der Waals surface area (Å²) in [6, 6.07) is 8.52. The third-order valence-electron chi connectivity index (χ3n) is 2.90. The van der Waals surface area contributed by atoms with E-state index in [-0.39, 0.29) is 12.4 Å². The summed E-state index contributed by atoms with van der Waals surface area (Å²) in [7, 11) is 0. The average molecular weight is 293 g/mol. The van der Waals surface area contributed by atoms with Crippen molar-refractivity contribution >= 4 is 17.2 Å². The highest BCUT2D eigenvalue weighted by Crippen LogP contribution is 2.20. The van der Waals surface area contributed by atoms with E-state index in [1.807, 2.05) is 13.0 Å². The number of thiocarbonyl (C=S) groups is 1. The van der Waals surface area contributed by atoms with Gasteiger partial charge in [-0.05, 0) is 36.2 Å². The largest absolute Gasteiger partial charge is 0.486 e. The van der Waals surface area contributed by atoms with Gasteiger partial charge in [-0.1, -0.05) is 24.4 Å². The molecule has 2 rings (SSSR count). The Bertz CT molecular complexity index is 658. The van der Waals surface area contributed by atoms with Gasteiger partial charge in [0.15, 0.2) is 11.6 Å². The molecule has 0 aliphatic rings. The molecule has 2 aromatic rings. The highest BCUT2D eigenvalue weighted by Gasteiger charge is 2.07. The van der Waals surface area contributed by atoms with E-state index in [0.29, 0.717) is 4.99 Å². The summed E-state index contributed by atoms with van der Waals surface area (Å²) < 4.78 is 31.7. The first-order valence-corrected chi connectivity index (χ1v) is 6.35. The van der Waals surface area contributed by atoms with E-state index >= 15 is 0 Å². The first-order valence-electron chi connectivity index (χ1n) is 5.94. The van der Waals surface area contributed by atoms with Crippen molar-refractivity contribution < 1.29 is 13.5 Å². The van der Waals surface area contributed by atoms with E-state index in [1.54, 1.807) is 12.1 Å². The van der Waals surface area contributed by atoms with Crippen molar-refractivity contribution in [1.82, 2.24) is 0 Å². The van der Waals surface area contributed by atoms with Gasteiger partial charge in [-0.3, -0.25) is 0 Å². The second-order valence-corrected chi connectivity index (χ2v) is 4.81. The molecule has 2 N–H and O–H groups in total. The number of benzene rings is 2. The predicted molar refractivity (Wildman–Crippen MR) is 77.8 cm³/mol. The van der Waals surface area contributed by atoms with E-state index in [2.05, 4.69) is 0 Å². The zero-order valence-electron chi connectivity index (χ0n) is 10.8. The predicted octanol–water partition coefficient (Wildman–Crippen LogP) is 3.49. The summed E-state index contributed by atoms with van der Waals surface area (Å²) >= 11 is 4.89. The zero-order chi connectivity index (χ0) is 14.7. The van der Waals surface area contributed by atoms with Crippen LogP contribution in [-0.2, 0) is 6.61 Å². The topological polar surface area (TPSA) is 35.2 Å². The van der Waals surface area contributed by atoms with E-state index in [0.717, 1.165) is 34.9 Å². The fourth-order valence-corrected chi connectivity index (χ4v) is 1.88. The third-order valence-corrected chi connectivity index (χ3v) is 3.14. The van der Waals surface area contributed by atoms with Crippen LogP contribution in [-0.4, -0.2) is 4.99 Å². The Hall–Kier alpha value is -2.01. The smallest absolute Gasteiger partial charge is 0.165 e. The van der Waals surface area contributed by atoms with Crippen molar-refractivity contribution in [3.63, 3.8) is 0 Å². The van der Waals surface area contributed by atoms with E-state index < -0.39 is 11.6 Å². The first-order chi connectivity index (χ1) is 9.47. The lowest BCUT2D eigenvalue weighted by atomic mass is 10.1. The number of rotatable bonds is 4. The van der Waals surface area contributed by atoms with Gasteiger partial charge >= 0.3 is 0 Å². The molecule has 0 bridgehead atoms. The Morgan fingerprint density at radius 3 is 2.60 bits per heavy atom. The number of aryl methyl sites for hydroxylation is 1. The van der Waals surface area contributed by atoms with Crippen LogP contribution < -0.4 is 10.5 Å². The van der Waals surface area contributed by atoms with Crippen molar-refractivity contribution in [3.8, 4) is 5.75 Å². The Morgan fingerprint density at radius 2 is 1.95 bits per heavy atom. The second kappa shape index (κ2) is 5.96. The minimum atomic E-state index is -0.594. The molecule has 104 valence electrons. The minimum absolute atomic E-state index is 0.108. The molecule has 0 radical (unpaired) electrons.